The van der Waals surface area contributed by atoms with E-state index in [0.29, 0.717) is 4.47 Å². The van der Waals surface area contributed by atoms with E-state index >= 15 is 0 Å². The summed E-state index contributed by atoms with van der Waals surface area (Å²) in [5.74, 6) is 4.97. The monoisotopic (exact) mass is 232 g/mol. The summed E-state index contributed by atoms with van der Waals surface area (Å²) in [6, 6.07) is 4.85. The summed E-state index contributed by atoms with van der Waals surface area (Å²) in [5.41, 5.74) is 3.53. The molecule has 12 heavy (non-hydrogen) atoms. The minimum Gasteiger partial charge on any atom is -0.271 e. The third-order valence-corrected chi connectivity index (χ3v) is 2.30. The Bertz CT molecular complexity index is 278. The maximum atomic E-state index is 12.8. The second kappa shape index (κ2) is 3.98. The van der Waals surface area contributed by atoms with Crippen LogP contribution in [0.5, 0.6) is 0 Å². The van der Waals surface area contributed by atoms with Crippen LogP contribution in [0.4, 0.5) is 4.39 Å². The second-order valence-corrected chi connectivity index (χ2v) is 3.42. The van der Waals surface area contributed by atoms with Crippen molar-refractivity contribution in [2.45, 2.75) is 13.0 Å². The first kappa shape index (κ1) is 9.64. The smallest absolute Gasteiger partial charge is 0.137 e. The van der Waals surface area contributed by atoms with Gasteiger partial charge in [0.25, 0.3) is 0 Å². The molecular formula is C8H10BrFN2. The summed E-state index contributed by atoms with van der Waals surface area (Å²) in [6.45, 7) is 1.90. The highest BCUT2D eigenvalue weighted by Gasteiger charge is 2.05. The molecule has 0 saturated carbocycles. The lowest BCUT2D eigenvalue weighted by Crippen LogP contribution is -2.25. The van der Waals surface area contributed by atoms with Crippen LogP contribution in [0.1, 0.15) is 18.5 Å². The Kier molecular flexibility index (Phi) is 3.20. The van der Waals surface area contributed by atoms with E-state index in [4.69, 9.17) is 5.84 Å². The van der Waals surface area contributed by atoms with Crippen molar-refractivity contribution in [3.05, 3.63) is 34.1 Å². The molecule has 0 radical (unpaired) electrons. The Morgan fingerprint density at radius 2 is 2.25 bits per heavy atom. The number of nitrogens with one attached hydrogen (secondary N) is 1. The molecule has 0 aliphatic rings. The number of nitrogens with two attached hydrogens (primary N) is 1. The van der Waals surface area contributed by atoms with Crippen molar-refractivity contribution in [3.8, 4) is 0 Å². The molecule has 3 N–H and O–H groups in total. The fourth-order valence-corrected chi connectivity index (χ4v) is 1.27. The summed E-state index contributed by atoms with van der Waals surface area (Å²) in [4.78, 5) is 0. The lowest BCUT2D eigenvalue weighted by Gasteiger charge is -2.10. The van der Waals surface area contributed by atoms with Crippen LogP contribution in [-0.4, -0.2) is 0 Å². The summed E-state index contributed by atoms with van der Waals surface area (Å²) in [5, 5.41) is 0. The van der Waals surface area contributed by atoms with Gasteiger partial charge in [0, 0.05) is 6.04 Å². The highest BCUT2D eigenvalue weighted by atomic mass is 79.9. The van der Waals surface area contributed by atoms with Crippen LogP contribution in [0, 0.1) is 5.82 Å². The van der Waals surface area contributed by atoms with Crippen molar-refractivity contribution in [2.75, 3.05) is 0 Å². The van der Waals surface area contributed by atoms with Crippen LogP contribution < -0.4 is 11.3 Å². The molecule has 0 aliphatic heterocycles. The van der Waals surface area contributed by atoms with Gasteiger partial charge >= 0.3 is 0 Å². The molecule has 1 aromatic rings. The van der Waals surface area contributed by atoms with E-state index in [1.807, 2.05) is 6.92 Å². The van der Waals surface area contributed by atoms with Crippen molar-refractivity contribution in [3.63, 3.8) is 0 Å². The summed E-state index contributed by atoms with van der Waals surface area (Å²) >= 11 is 3.10. The number of halogens is 2. The zero-order valence-corrected chi connectivity index (χ0v) is 8.23. The summed E-state index contributed by atoms with van der Waals surface area (Å²) < 4.78 is 13.2. The standard InChI is InChI=1S/C8H10BrFN2/c1-5(12-11)6-2-3-8(10)7(9)4-6/h2-5,12H,11H2,1H3. The Labute approximate surface area is 79.1 Å². The zero-order chi connectivity index (χ0) is 9.14. The predicted molar refractivity (Wildman–Crippen MR) is 49.8 cm³/mol. The maximum Gasteiger partial charge on any atom is 0.137 e. The maximum absolute atomic E-state index is 12.8. The molecule has 1 atom stereocenters. The van der Waals surface area contributed by atoms with Gasteiger partial charge in [-0.2, -0.15) is 0 Å². The third kappa shape index (κ3) is 2.03. The molecule has 2 nitrogen and oxygen atoms in total. The number of hydrazine groups is 1. The third-order valence-electron chi connectivity index (χ3n) is 1.69. The number of hydrogen-bond donors (Lipinski definition) is 2. The second-order valence-electron chi connectivity index (χ2n) is 2.56. The van der Waals surface area contributed by atoms with Gasteiger partial charge in [-0.3, -0.25) is 11.3 Å². The van der Waals surface area contributed by atoms with Gasteiger partial charge < -0.3 is 0 Å². The summed E-state index contributed by atoms with van der Waals surface area (Å²) in [7, 11) is 0. The van der Waals surface area contributed by atoms with E-state index in [2.05, 4.69) is 21.4 Å². The molecule has 0 spiro atoms. The lowest BCUT2D eigenvalue weighted by atomic mass is 10.1. The molecule has 0 saturated heterocycles. The first-order valence-corrected chi connectivity index (χ1v) is 4.35. The molecule has 66 valence electrons. The fraction of sp³-hybridized carbons (Fsp3) is 0.250. The van der Waals surface area contributed by atoms with E-state index in [9.17, 15) is 4.39 Å². The Hall–Kier alpha value is -0.450. The Balaban J connectivity index is 2.96. The van der Waals surface area contributed by atoms with Crippen LogP contribution in [0.25, 0.3) is 0 Å². The number of rotatable bonds is 2. The molecule has 0 heterocycles. The SMILES string of the molecule is CC(NN)c1ccc(F)c(Br)c1. The number of hydrogen-bond acceptors (Lipinski definition) is 2. The van der Waals surface area contributed by atoms with Gasteiger partial charge in [0.2, 0.25) is 0 Å². The van der Waals surface area contributed by atoms with E-state index in [1.165, 1.54) is 6.07 Å². The largest absolute Gasteiger partial charge is 0.271 e. The lowest BCUT2D eigenvalue weighted by molar-refractivity contribution is 0.592. The molecule has 0 fully saturated rings. The van der Waals surface area contributed by atoms with Crippen LogP contribution in [0.15, 0.2) is 22.7 Å². The van der Waals surface area contributed by atoms with Crippen LogP contribution >= 0.6 is 15.9 Å². The van der Waals surface area contributed by atoms with E-state index in [-0.39, 0.29) is 11.9 Å². The molecule has 1 aromatic carbocycles. The average Bonchev–Trinajstić information content (AvgIpc) is 2.08. The summed E-state index contributed by atoms with van der Waals surface area (Å²) in [6.07, 6.45) is 0. The van der Waals surface area contributed by atoms with Crippen molar-refractivity contribution < 1.29 is 4.39 Å². The zero-order valence-electron chi connectivity index (χ0n) is 6.64. The molecular weight excluding hydrogens is 223 g/mol. The normalized spacial score (nSPS) is 13.0. The van der Waals surface area contributed by atoms with Crippen LogP contribution in [0.2, 0.25) is 0 Å². The quantitative estimate of drug-likeness (QED) is 0.606. The average molecular weight is 233 g/mol. The first-order chi connectivity index (χ1) is 5.65. The molecule has 0 aromatic heterocycles. The van der Waals surface area contributed by atoms with Gasteiger partial charge in [0.1, 0.15) is 5.82 Å². The molecule has 1 unspecified atom stereocenters. The van der Waals surface area contributed by atoms with Gasteiger partial charge in [-0.25, -0.2) is 4.39 Å². The highest BCUT2D eigenvalue weighted by Crippen LogP contribution is 2.20. The van der Waals surface area contributed by atoms with Gasteiger partial charge in [0.15, 0.2) is 0 Å². The minimum absolute atomic E-state index is 0.0295. The van der Waals surface area contributed by atoms with Crippen molar-refractivity contribution in [1.29, 1.82) is 0 Å². The van der Waals surface area contributed by atoms with Crippen molar-refractivity contribution in [2.24, 2.45) is 5.84 Å². The molecule has 1 rings (SSSR count). The van der Waals surface area contributed by atoms with Gasteiger partial charge in [0.05, 0.1) is 4.47 Å². The topological polar surface area (TPSA) is 38.0 Å². The van der Waals surface area contributed by atoms with E-state index in [0.717, 1.165) is 5.56 Å². The molecule has 0 aliphatic carbocycles. The highest BCUT2D eigenvalue weighted by molar-refractivity contribution is 9.10. The number of benzene rings is 1. The van der Waals surface area contributed by atoms with Crippen molar-refractivity contribution in [1.82, 2.24) is 5.43 Å². The molecule has 4 heteroatoms. The Morgan fingerprint density at radius 1 is 1.58 bits per heavy atom. The van der Waals surface area contributed by atoms with E-state index in [1.54, 1.807) is 12.1 Å². The minimum atomic E-state index is -0.261. The van der Waals surface area contributed by atoms with Gasteiger partial charge in [-0.15, -0.1) is 0 Å². The van der Waals surface area contributed by atoms with Gasteiger partial charge in [-0.1, -0.05) is 6.07 Å². The van der Waals surface area contributed by atoms with Crippen LogP contribution in [-0.2, 0) is 0 Å². The first-order valence-electron chi connectivity index (χ1n) is 3.56. The Morgan fingerprint density at radius 3 is 2.75 bits per heavy atom. The fourth-order valence-electron chi connectivity index (χ4n) is 0.878. The van der Waals surface area contributed by atoms with Gasteiger partial charge in [-0.05, 0) is 40.5 Å². The van der Waals surface area contributed by atoms with Crippen molar-refractivity contribution >= 4 is 15.9 Å². The molecule has 0 bridgehead atoms. The molecule has 0 amide bonds. The van der Waals surface area contributed by atoms with E-state index < -0.39 is 0 Å². The van der Waals surface area contributed by atoms with Crippen LogP contribution in [0.3, 0.4) is 0 Å². The predicted octanol–water partition coefficient (Wildman–Crippen LogP) is 2.11.